The summed E-state index contributed by atoms with van der Waals surface area (Å²) < 4.78 is 28.7. The summed E-state index contributed by atoms with van der Waals surface area (Å²) in [5.41, 5.74) is 0.316. The summed E-state index contributed by atoms with van der Waals surface area (Å²) >= 11 is 5.69. The van der Waals surface area contributed by atoms with Gasteiger partial charge in [-0.15, -0.1) is 11.6 Å². The molecule has 108 valence electrons. The van der Waals surface area contributed by atoms with Crippen LogP contribution in [0.15, 0.2) is 12.1 Å². The number of nitrogens with zero attached hydrogens (tertiary/aromatic N) is 3. The van der Waals surface area contributed by atoms with Crippen molar-refractivity contribution < 1.29 is 13.6 Å². The number of hydrogen-bond donors (Lipinski definition) is 0. The van der Waals surface area contributed by atoms with Crippen LogP contribution in [0.1, 0.15) is 5.82 Å². The molecule has 2 aromatic rings. The van der Waals surface area contributed by atoms with Crippen molar-refractivity contribution in [2.24, 2.45) is 0 Å². The highest BCUT2D eigenvalue weighted by Crippen LogP contribution is 2.22. The van der Waals surface area contributed by atoms with Crippen molar-refractivity contribution in [2.45, 2.75) is 13.0 Å². The van der Waals surface area contributed by atoms with Gasteiger partial charge in [-0.25, -0.2) is 13.8 Å². The van der Waals surface area contributed by atoms with Gasteiger partial charge in [0.1, 0.15) is 17.9 Å². The highest BCUT2D eigenvalue weighted by molar-refractivity contribution is 6.17. The van der Waals surface area contributed by atoms with Crippen molar-refractivity contribution in [3.05, 3.63) is 29.6 Å². The predicted octanol–water partition coefficient (Wildman–Crippen LogP) is 2.18. The molecule has 1 heterocycles. The summed E-state index contributed by atoms with van der Waals surface area (Å²) in [6.07, 6.45) is 0.373. The van der Waals surface area contributed by atoms with Gasteiger partial charge in [0.2, 0.25) is 5.91 Å². The molecule has 7 heteroatoms. The minimum atomic E-state index is -0.998. The second-order valence-corrected chi connectivity index (χ2v) is 4.95. The lowest BCUT2D eigenvalue weighted by molar-refractivity contribution is -0.129. The first-order valence-electron chi connectivity index (χ1n) is 6.05. The van der Waals surface area contributed by atoms with Gasteiger partial charge in [-0.1, -0.05) is 0 Å². The van der Waals surface area contributed by atoms with E-state index in [1.807, 2.05) is 0 Å². The maximum Gasteiger partial charge on any atom is 0.242 e. The van der Waals surface area contributed by atoms with Crippen LogP contribution in [0.3, 0.4) is 0 Å². The van der Waals surface area contributed by atoms with E-state index in [1.54, 1.807) is 14.1 Å². The number of imidazole rings is 1. The largest absolute Gasteiger partial charge is 0.347 e. The van der Waals surface area contributed by atoms with E-state index in [9.17, 15) is 13.6 Å². The number of fused-ring (bicyclic) bond motifs is 1. The van der Waals surface area contributed by atoms with E-state index in [0.29, 0.717) is 17.8 Å². The number of amides is 1. The molecule has 0 aliphatic heterocycles. The number of aryl methyl sites for hydroxylation is 1. The maximum atomic E-state index is 14.0. The third-order valence-corrected chi connectivity index (χ3v) is 3.18. The quantitative estimate of drug-likeness (QED) is 0.812. The third-order valence-electron chi connectivity index (χ3n) is 2.99. The van der Waals surface area contributed by atoms with Crippen LogP contribution in [-0.4, -0.2) is 40.3 Å². The Morgan fingerprint density at radius 3 is 2.70 bits per heavy atom. The fourth-order valence-electron chi connectivity index (χ4n) is 1.93. The van der Waals surface area contributed by atoms with Gasteiger partial charge in [0.25, 0.3) is 0 Å². The Morgan fingerprint density at radius 2 is 2.10 bits per heavy atom. The molecular formula is C13H14ClF2N3O. The van der Waals surface area contributed by atoms with Crippen LogP contribution in [-0.2, 0) is 17.8 Å². The molecule has 2 rings (SSSR count). The zero-order chi connectivity index (χ0) is 14.9. The van der Waals surface area contributed by atoms with E-state index in [-0.39, 0.29) is 23.8 Å². The summed E-state index contributed by atoms with van der Waals surface area (Å²) in [4.78, 5) is 17.4. The summed E-state index contributed by atoms with van der Waals surface area (Å²) in [5.74, 6) is -1.45. The van der Waals surface area contributed by atoms with E-state index >= 15 is 0 Å². The Labute approximate surface area is 119 Å². The van der Waals surface area contributed by atoms with Crippen LogP contribution < -0.4 is 0 Å². The van der Waals surface area contributed by atoms with Crippen molar-refractivity contribution in [1.82, 2.24) is 14.5 Å². The molecule has 1 aromatic carbocycles. The van der Waals surface area contributed by atoms with Gasteiger partial charge in [0, 0.05) is 26.4 Å². The van der Waals surface area contributed by atoms with Crippen LogP contribution in [0.4, 0.5) is 8.78 Å². The zero-order valence-electron chi connectivity index (χ0n) is 11.2. The standard InChI is InChI=1S/C13H14ClF2N3O/c1-18(2)11(20)7-19-10(5-6-14)17-9-4-3-8(15)12(16)13(9)19/h3-4H,5-7H2,1-2H3. The molecule has 0 bridgehead atoms. The Balaban J connectivity index is 2.60. The van der Waals surface area contributed by atoms with Crippen LogP contribution >= 0.6 is 11.6 Å². The number of hydrogen-bond acceptors (Lipinski definition) is 2. The van der Waals surface area contributed by atoms with E-state index in [4.69, 9.17) is 11.6 Å². The lowest BCUT2D eigenvalue weighted by atomic mass is 10.3. The molecule has 0 spiro atoms. The second-order valence-electron chi connectivity index (χ2n) is 4.57. The molecule has 0 unspecified atom stereocenters. The fraction of sp³-hybridized carbons (Fsp3) is 0.385. The molecule has 0 saturated carbocycles. The van der Waals surface area contributed by atoms with Crippen molar-refractivity contribution >= 4 is 28.5 Å². The Morgan fingerprint density at radius 1 is 1.40 bits per heavy atom. The van der Waals surface area contributed by atoms with Gasteiger partial charge >= 0.3 is 0 Å². The molecule has 0 fully saturated rings. The molecule has 0 saturated heterocycles. The average molecular weight is 302 g/mol. The van der Waals surface area contributed by atoms with Gasteiger partial charge in [-0.2, -0.15) is 0 Å². The normalized spacial score (nSPS) is 11.1. The number of carbonyl (C=O) groups is 1. The fourth-order valence-corrected chi connectivity index (χ4v) is 2.10. The Hall–Kier alpha value is -1.69. The zero-order valence-corrected chi connectivity index (χ0v) is 11.9. The number of aromatic nitrogens is 2. The predicted molar refractivity (Wildman–Crippen MR) is 72.8 cm³/mol. The molecular weight excluding hydrogens is 288 g/mol. The van der Waals surface area contributed by atoms with Gasteiger partial charge < -0.3 is 9.47 Å². The summed E-state index contributed by atoms with van der Waals surface area (Å²) in [5, 5.41) is 0. The molecule has 1 aromatic heterocycles. The smallest absolute Gasteiger partial charge is 0.242 e. The van der Waals surface area contributed by atoms with E-state index in [2.05, 4.69) is 4.98 Å². The van der Waals surface area contributed by atoms with E-state index < -0.39 is 11.6 Å². The first-order valence-corrected chi connectivity index (χ1v) is 6.58. The van der Waals surface area contributed by atoms with Gasteiger partial charge in [-0.3, -0.25) is 4.79 Å². The lowest BCUT2D eigenvalue weighted by Gasteiger charge is -2.13. The molecule has 0 radical (unpaired) electrons. The van der Waals surface area contributed by atoms with E-state index in [0.717, 1.165) is 6.07 Å². The second kappa shape index (κ2) is 5.75. The minimum absolute atomic E-state index is 0.000293. The van der Waals surface area contributed by atoms with Crippen molar-refractivity contribution in [3.63, 3.8) is 0 Å². The topological polar surface area (TPSA) is 38.1 Å². The minimum Gasteiger partial charge on any atom is -0.347 e. The molecule has 1 amide bonds. The summed E-state index contributed by atoms with van der Waals surface area (Å²) in [7, 11) is 3.19. The number of carbonyl (C=O) groups excluding carboxylic acids is 1. The Kier molecular flexibility index (Phi) is 4.23. The van der Waals surface area contributed by atoms with Crippen molar-refractivity contribution in [2.75, 3.05) is 20.0 Å². The van der Waals surface area contributed by atoms with Crippen molar-refractivity contribution in [1.29, 1.82) is 0 Å². The number of rotatable bonds is 4. The van der Waals surface area contributed by atoms with Crippen LogP contribution in [0.2, 0.25) is 0 Å². The molecule has 4 nitrogen and oxygen atoms in total. The third kappa shape index (κ3) is 2.60. The number of benzene rings is 1. The molecule has 0 atom stereocenters. The van der Waals surface area contributed by atoms with Crippen LogP contribution in [0.5, 0.6) is 0 Å². The first kappa shape index (κ1) is 14.7. The SMILES string of the molecule is CN(C)C(=O)Cn1c(CCCl)nc2ccc(F)c(F)c21. The molecule has 0 aliphatic rings. The lowest BCUT2D eigenvalue weighted by Crippen LogP contribution is -2.27. The van der Waals surface area contributed by atoms with Crippen LogP contribution in [0, 0.1) is 11.6 Å². The maximum absolute atomic E-state index is 14.0. The summed E-state index contributed by atoms with van der Waals surface area (Å²) in [6, 6.07) is 2.41. The highest BCUT2D eigenvalue weighted by Gasteiger charge is 2.19. The number of alkyl halides is 1. The average Bonchev–Trinajstić information content (AvgIpc) is 2.73. The Bertz CT molecular complexity index is 655. The molecule has 0 aliphatic carbocycles. The summed E-state index contributed by atoms with van der Waals surface area (Å²) in [6.45, 7) is -0.101. The van der Waals surface area contributed by atoms with Crippen molar-refractivity contribution in [3.8, 4) is 0 Å². The van der Waals surface area contributed by atoms with Gasteiger partial charge in [0.05, 0.1) is 5.52 Å². The number of likely N-dealkylation sites (N-methyl/N-ethyl adjacent to an activating group) is 1. The molecule has 20 heavy (non-hydrogen) atoms. The molecule has 0 N–H and O–H groups in total. The highest BCUT2D eigenvalue weighted by atomic mass is 35.5. The van der Waals surface area contributed by atoms with Crippen LogP contribution in [0.25, 0.3) is 11.0 Å². The van der Waals surface area contributed by atoms with Gasteiger partial charge in [0.15, 0.2) is 11.6 Å². The monoisotopic (exact) mass is 301 g/mol. The van der Waals surface area contributed by atoms with E-state index in [1.165, 1.54) is 15.5 Å². The first-order chi connectivity index (χ1) is 9.45. The van der Waals surface area contributed by atoms with Gasteiger partial charge in [-0.05, 0) is 12.1 Å². The number of halogens is 3.